The number of nitrogens with two attached hydrogens (primary N) is 1. The molecule has 1 atom stereocenters. The quantitative estimate of drug-likeness (QED) is 0.852. The standard InChI is InChI=1S/C15H23N3O/c1-2-13(16)15(19)17-14-8-4-3-7-12(14)11-18-9-5-6-10-18/h3-4,7-8,13H,2,5-6,9-11,16H2,1H3,(H,17,19)/t13-/m0/s1. The van der Waals surface area contributed by atoms with E-state index in [1.54, 1.807) is 0 Å². The number of nitrogens with zero attached hydrogens (tertiary/aromatic N) is 1. The van der Waals surface area contributed by atoms with Crippen molar-refractivity contribution in [2.75, 3.05) is 18.4 Å². The SMILES string of the molecule is CC[C@H](N)C(=O)Nc1ccccc1CN1CCCC1. The normalized spacial score (nSPS) is 17.4. The van der Waals surface area contributed by atoms with E-state index in [0.29, 0.717) is 6.42 Å². The van der Waals surface area contributed by atoms with E-state index in [-0.39, 0.29) is 5.91 Å². The van der Waals surface area contributed by atoms with Crippen molar-refractivity contribution in [3.63, 3.8) is 0 Å². The Morgan fingerprint density at radius 2 is 2.05 bits per heavy atom. The molecule has 1 aliphatic heterocycles. The Morgan fingerprint density at radius 1 is 1.37 bits per heavy atom. The number of amides is 1. The molecule has 104 valence electrons. The van der Waals surface area contributed by atoms with Gasteiger partial charge < -0.3 is 11.1 Å². The van der Waals surface area contributed by atoms with Crippen LogP contribution in [-0.2, 0) is 11.3 Å². The summed E-state index contributed by atoms with van der Waals surface area (Å²) in [5.74, 6) is -0.101. The molecule has 0 aliphatic carbocycles. The molecule has 0 aromatic heterocycles. The first-order valence-electron chi connectivity index (χ1n) is 7.07. The first-order chi connectivity index (χ1) is 9.20. The maximum atomic E-state index is 11.9. The Labute approximate surface area is 115 Å². The summed E-state index contributed by atoms with van der Waals surface area (Å²) in [6, 6.07) is 7.55. The van der Waals surface area contributed by atoms with Gasteiger partial charge in [0.15, 0.2) is 0 Å². The average Bonchev–Trinajstić information content (AvgIpc) is 2.93. The highest BCUT2D eigenvalue weighted by Crippen LogP contribution is 2.20. The minimum absolute atomic E-state index is 0.101. The summed E-state index contributed by atoms with van der Waals surface area (Å²) in [5, 5.41) is 2.94. The molecule has 1 heterocycles. The van der Waals surface area contributed by atoms with Gasteiger partial charge in [0.25, 0.3) is 0 Å². The highest BCUT2D eigenvalue weighted by atomic mass is 16.2. The summed E-state index contributed by atoms with van der Waals surface area (Å²) in [4.78, 5) is 14.3. The van der Waals surface area contributed by atoms with Crippen LogP contribution in [-0.4, -0.2) is 29.9 Å². The number of nitrogens with one attached hydrogen (secondary N) is 1. The van der Waals surface area contributed by atoms with E-state index < -0.39 is 6.04 Å². The molecule has 0 unspecified atom stereocenters. The summed E-state index contributed by atoms with van der Waals surface area (Å²) >= 11 is 0. The molecular weight excluding hydrogens is 238 g/mol. The molecule has 1 aromatic rings. The number of rotatable bonds is 5. The van der Waals surface area contributed by atoms with Crippen molar-refractivity contribution in [1.29, 1.82) is 0 Å². The van der Waals surface area contributed by atoms with E-state index in [4.69, 9.17) is 5.73 Å². The first kappa shape index (κ1) is 14.0. The summed E-state index contributed by atoms with van der Waals surface area (Å²) in [6.07, 6.45) is 3.20. The lowest BCUT2D eigenvalue weighted by atomic mass is 10.1. The molecule has 4 nitrogen and oxygen atoms in total. The molecule has 1 fully saturated rings. The maximum Gasteiger partial charge on any atom is 0.241 e. The highest BCUT2D eigenvalue weighted by molar-refractivity contribution is 5.95. The van der Waals surface area contributed by atoms with Crippen LogP contribution in [0, 0.1) is 0 Å². The second-order valence-electron chi connectivity index (χ2n) is 5.14. The van der Waals surface area contributed by atoms with Crippen LogP contribution in [0.2, 0.25) is 0 Å². The second-order valence-corrected chi connectivity index (χ2v) is 5.14. The highest BCUT2D eigenvalue weighted by Gasteiger charge is 2.16. The van der Waals surface area contributed by atoms with Gasteiger partial charge in [-0.15, -0.1) is 0 Å². The number of carbonyl (C=O) groups is 1. The molecule has 1 aromatic carbocycles. The Morgan fingerprint density at radius 3 is 2.74 bits per heavy atom. The molecule has 0 spiro atoms. The number of hydrogen-bond donors (Lipinski definition) is 2. The third kappa shape index (κ3) is 3.78. The van der Waals surface area contributed by atoms with Crippen molar-refractivity contribution in [1.82, 2.24) is 4.90 Å². The molecular formula is C15H23N3O. The molecule has 1 amide bonds. The van der Waals surface area contributed by atoms with Gasteiger partial charge in [-0.05, 0) is 44.0 Å². The molecule has 1 saturated heterocycles. The van der Waals surface area contributed by atoms with Crippen molar-refractivity contribution in [3.05, 3.63) is 29.8 Å². The third-order valence-electron chi connectivity index (χ3n) is 3.64. The zero-order chi connectivity index (χ0) is 13.7. The molecule has 19 heavy (non-hydrogen) atoms. The van der Waals surface area contributed by atoms with Gasteiger partial charge in [-0.2, -0.15) is 0 Å². The first-order valence-corrected chi connectivity index (χ1v) is 7.07. The predicted octanol–water partition coefficient (Wildman–Crippen LogP) is 1.96. The predicted molar refractivity (Wildman–Crippen MR) is 77.8 cm³/mol. The Balaban J connectivity index is 2.05. The van der Waals surface area contributed by atoms with Crippen molar-refractivity contribution in [3.8, 4) is 0 Å². The molecule has 3 N–H and O–H groups in total. The maximum absolute atomic E-state index is 11.9. The fourth-order valence-corrected chi connectivity index (χ4v) is 2.37. The largest absolute Gasteiger partial charge is 0.324 e. The van der Waals surface area contributed by atoms with Gasteiger partial charge in [0, 0.05) is 12.2 Å². The van der Waals surface area contributed by atoms with Gasteiger partial charge in [-0.25, -0.2) is 0 Å². The van der Waals surface area contributed by atoms with Gasteiger partial charge in [-0.1, -0.05) is 25.1 Å². The van der Waals surface area contributed by atoms with Crippen LogP contribution in [0.25, 0.3) is 0 Å². The zero-order valence-electron chi connectivity index (χ0n) is 11.6. The summed E-state index contributed by atoms with van der Waals surface area (Å²) in [5.41, 5.74) is 7.82. The van der Waals surface area contributed by atoms with E-state index in [2.05, 4.69) is 16.3 Å². The van der Waals surface area contributed by atoms with E-state index in [0.717, 1.165) is 25.3 Å². The average molecular weight is 261 g/mol. The lowest BCUT2D eigenvalue weighted by molar-refractivity contribution is -0.117. The monoisotopic (exact) mass is 261 g/mol. The van der Waals surface area contributed by atoms with E-state index >= 15 is 0 Å². The van der Waals surface area contributed by atoms with Crippen LogP contribution >= 0.6 is 0 Å². The Bertz CT molecular complexity index is 427. The van der Waals surface area contributed by atoms with Gasteiger partial charge in [0.1, 0.15) is 0 Å². The van der Waals surface area contributed by atoms with Crippen LogP contribution in [0.5, 0.6) is 0 Å². The number of carbonyl (C=O) groups excluding carboxylic acids is 1. The lowest BCUT2D eigenvalue weighted by Gasteiger charge is -2.18. The summed E-state index contributed by atoms with van der Waals surface area (Å²) in [6.45, 7) is 5.12. The van der Waals surface area contributed by atoms with Gasteiger partial charge >= 0.3 is 0 Å². The molecule has 1 aliphatic rings. The van der Waals surface area contributed by atoms with Crippen LogP contribution in [0.1, 0.15) is 31.7 Å². The summed E-state index contributed by atoms with van der Waals surface area (Å²) < 4.78 is 0. The fourth-order valence-electron chi connectivity index (χ4n) is 2.37. The van der Waals surface area contributed by atoms with Gasteiger partial charge in [0.05, 0.1) is 6.04 Å². The molecule has 2 rings (SSSR count). The minimum atomic E-state index is -0.431. The van der Waals surface area contributed by atoms with E-state index in [9.17, 15) is 4.79 Å². The van der Waals surface area contributed by atoms with E-state index in [1.807, 2.05) is 25.1 Å². The fraction of sp³-hybridized carbons (Fsp3) is 0.533. The minimum Gasteiger partial charge on any atom is -0.324 e. The zero-order valence-corrected chi connectivity index (χ0v) is 11.6. The lowest BCUT2D eigenvalue weighted by Crippen LogP contribution is -2.35. The van der Waals surface area contributed by atoms with Crippen molar-refractivity contribution >= 4 is 11.6 Å². The number of benzene rings is 1. The number of para-hydroxylation sites is 1. The number of hydrogen-bond acceptors (Lipinski definition) is 3. The van der Waals surface area contributed by atoms with Crippen molar-refractivity contribution in [2.45, 2.75) is 38.8 Å². The van der Waals surface area contributed by atoms with E-state index in [1.165, 1.54) is 18.4 Å². The van der Waals surface area contributed by atoms with Crippen LogP contribution in [0.4, 0.5) is 5.69 Å². The second kappa shape index (κ2) is 6.68. The molecule has 0 radical (unpaired) electrons. The van der Waals surface area contributed by atoms with Gasteiger partial charge in [0.2, 0.25) is 5.91 Å². The molecule has 4 heteroatoms. The van der Waals surface area contributed by atoms with Gasteiger partial charge in [-0.3, -0.25) is 9.69 Å². The topological polar surface area (TPSA) is 58.4 Å². The number of anilines is 1. The van der Waals surface area contributed by atoms with Crippen LogP contribution < -0.4 is 11.1 Å². The Hall–Kier alpha value is -1.39. The smallest absolute Gasteiger partial charge is 0.241 e. The van der Waals surface area contributed by atoms with Crippen LogP contribution in [0.15, 0.2) is 24.3 Å². The van der Waals surface area contributed by atoms with Crippen molar-refractivity contribution < 1.29 is 4.79 Å². The third-order valence-corrected chi connectivity index (χ3v) is 3.64. The molecule has 0 bridgehead atoms. The molecule has 0 saturated carbocycles. The Kier molecular flexibility index (Phi) is 4.93. The van der Waals surface area contributed by atoms with Crippen LogP contribution in [0.3, 0.4) is 0 Å². The number of likely N-dealkylation sites (tertiary alicyclic amines) is 1. The summed E-state index contributed by atoms with van der Waals surface area (Å²) in [7, 11) is 0. The van der Waals surface area contributed by atoms with Crippen molar-refractivity contribution in [2.24, 2.45) is 5.73 Å².